The molecular formula is C19H20ClNO3. The highest BCUT2D eigenvalue weighted by atomic mass is 35.5. The van der Waals surface area contributed by atoms with Crippen LogP contribution in [0.15, 0.2) is 30.3 Å². The van der Waals surface area contributed by atoms with Gasteiger partial charge in [-0.1, -0.05) is 25.1 Å². The van der Waals surface area contributed by atoms with Gasteiger partial charge in [0.2, 0.25) is 6.79 Å². The first kappa shape index (κ1) is 15.6. The van der Waals surface area contributed by atoms with Gasteiger partial charge in [-0.25, -0.2) is 0 Å². The summed E-state index contributed by atoms with van der Waals surface area (Å²) in [6.07, 6.45) is 1.06. The average molecular weight is 346 g/mol. The van der Waals surface area contributed by atoms with E-state index in [1.54, 1.807) is 0 Å². The van der Waals surface area contributed by atoms with Gasteiger partial charge < -0.3 is 19.5 Å². The highest BCUT2D eigenvalue weighted by Gasteiger charge is 2.37. The summed E-state index contributed by atoms with van der Waals surface area (Å²) in [5.41, 5.74) is 5.40. The van der Waals surface area contributed by atoms with Gasteiger partial charge in [0.05, 0.1) is 6.04 Å². The Balaban J connectivity index is 0.00000146. The maximum Gasteiger partial charge on any atom is 0.231 e. The maximum absolute atomic E-state index is 5.99. The van der Waals surface area contributed by atoms with E-state index in [9.17, 15) is 0 Å². The first-order valence-electron chi connectivity index (χ1n) is 8.25. The summed E-state index contributed by atoms with van der Waals surface area (Å²) in [6.45, 7) is 4.09. The fourth-order valence-corrected chi connectivity index (χ4v) is 3.92. The van der Waals surface area contributed by atoms with Gasteiger partial charge in [0.25, 0.3) is 0 Å². The fourth-order valence-electron chi connectivity index (χ4n) is 3.92. The number of aryl methyl sites for hydroxylation is 1. The molecule has 1 N–H and O–H groups in total. The fraction of sp³-hybridized carbons (Fsp3) is 0.368. The Kier molecular flexibility index (Phi) is 3.82. The van der Waals surface area contributed by atoms with Gasteiger partial charge in [0.15, 0.2) is 11.5 Å². The Hall–Kier alpha value is -1.91. The molecule has 0 bridgehead atoms. The lowest BCUT2D eigenvalue weighted by atomic mass is 9.78. The summed E-state index contributed by atoms with van der Waals surface area (Å²) in [6, 6.07) is 11.3. The van der Waals surface area contributed by atoms with Crippen molar-refractivity contribution in [3.05, 3.63) is 52.6 Å². The second kappa shape index (κ2) is 5.87. The van der Waals surface area contributed by atoms with E-state index in [0.29, 0.717) is 25.4 Å². The molecule has 5 heteroatoms. The van der Waals surface area contributed by atoms with E-state index in [-0.39, 0.29) is 12.4 Å². The largest absolute Gasteiger partial charge is 0.491 e. The van der Waals surface area contributed by atoms with Crippen LogP contribution in [0.25, 0.3) is 0 Å². The van der Waals surface area contributed by atoms with Crippen molar-refractivity contribution in [3.63, 3.8) is 0 Å². The first-order chi connectivity index (χ1) is 11.3. The molecule has 3 aliphatic heterocycles. The minimum absolute atomic E-state index is 0. The molecule has 0 aromatic heterocycles. The molecule has 0 unspecified atom stereocenters. The molecule has 2 atom stereocenters. The Morgan fingerprint density at radius 2 is 1.83 bits per heavy atom. The van der Waals surface area contributed by atoms with Crippen LogP contribution in [0, 0.1) is 0 Å². The molecule has 5 rings (SSSR count). The van der Waals surface area contributed by atoms with Crippen LogP contribution in [0.4, 0.5) is 0 Å². The summed E-state index contributed by atoms with van der Waals surface area (Å²) in [5, 5.41) is 3.63. The van der Waals surface area contributed by atoms with E-state index in [4.69, 9.17) is 14.2 Å². The number of benzene rings is 2. The maximum atomic E-state index is 5.99. The monoisotopic (exact) mass is 345 g/mol. The van der Waals surface area contributed by atoms with Crippen LogP contribution in [-0.2, 0) is 13.0 Å². The van der Waals surface area contributed by atoms with Crippen molar-refractivity contribution in [1.82, 2.24) is 5.32 Å². The Morgan fingerprint density at radius 1 is 1.00 bits per heavy atom. The van der Waals surface area contributed by atoms with Gasteiger partial charge in [-0.3, -0.25) is 0 Å². The van der Waals surface area contributed by atoms with Gasteiger partial charge in [0, 0.05) is 24.1 Å². The SMILES string of the molecule is CCc1ccc2c(c1)[C@@H]1c3cc4c(cc3OC[C@H]1NC2)OCO4.Cl. The number of rotatable bonds is 1. The van der Waals surface area contributed by atoms with Gasteiger partial charge in [-0.05, 0) is 29.2 Å². The molecule has 3 aliphatic rings. The Labute approximate surface area is 147 Å². The van der Waals surface area contributed by atoms with Crippen molar-refractivity contribution < 1.29 is 14.2 Å². The Morgan fingerprint density at radius 3 is 2.67 bits per heavy atom. The standard InChI is InChI=1S/C19H19NO3.ClH/c1-2-11-3-4-12-8-20-15-9-21-16-7-18-17(22-10-23-18)6-14(16)19(15)13(12)5-11;/h3-7,15,19-20H,2,8-10H2,1H3;1H/t15-,19-;/m1./s1. The third kappa shape index (κ3) is 2.25. The molecule has 3 heterocycles. The number of halogens is 1. The molecule has 126 valence electrons. The molecule has 24 heavy (non-hydrogen) atoms. The molecule has 0 aliphatic carbocycles. The summed E-state index contributed by atoms with van der Waals surface area (Å²) < 4.78 is 17.1. The lowest BCUT2D eigenvalue weighted by Crippen LogP contribution is -2.46. The van der Waals surface area contributed by atoms with Crippen molar-refractivity contribution in [1.29, 1.82) is 0 Å². The molecule has 0 saturated carbocycles. The lowest BCUT2D eigenvalue weighted by Gasteiger charge is -2.39. The van der Waals surface area contributed by atoms with E-state index in [1.807, 2.05) is 6.07 Å². The smallest absolute Gasteiger partial charge is 0.231 e. The van der Waals surface area contributed by atoms with Crippen molar-refractivity contribution in [2.75, 3.05) is 13.4 Å². The molecule has 2 aromatic carbocycles. The lowest BCUT2D eigenvalue weighted by molar-refractivity contribution is 0.173. The minimum atomic E-state index is 0. The number of hydrogen-bond acceptors (Lipinski definition) is 4. The quantitative estimate of drug-likeness (QED) is 0.860. The van der Waals surface area contributed by atoms with Gasteiger partial charge in [-0.15, -0.1) is 12.4 Å². The summed E-state index contributed by atoms with van der Waals surface area (Å²) in [4.78, 5) is 0. The van der Waals surface area contributed by atoms with Gasteiger partial charge in [-0.2, -0.15) is 0 Å². The van der Waals surface area contributed by atoms with E-state index in [2.05, 4.69) is 36.5 Å². The minimum Gasteiger partial charge on any atom is -0.491 e. The first-order valence-corrected chi connectivity index (χ1v) is 8.25. The van der Waals surface area contributed by atoms with Crippen LogP contribution in [-0.4, -0.2) is 19.4 Å². The molecule has 2 aromatic rings. The molecule has 0 saturated heterocycles. The van der Waals surface area contributed by atoms with Crippen LogP contribution in [0.2, 0.25) is 0 Å². The highest BCUT2D eigenvalue weighted by Crippen LogP contribution is 2.47. The average Bonchev–Trinajstić information content (AvgIpc) is 3.06. The van der Waals surface area contributed by atoms with Gasteiger partial charge >= 0.3 is 0 Å². The van der Waals surface area contributed by atoms with E-state index >= 15 is 0 Å². The zero-order valence-corrected chi connectivity index (χ0v) is 14.3. The highest BCUT2D eigenvalue weighted by molar-refractivity contribution is 5.85. The third-order valence-electron chi connectivity index (χ3n) is 5.17. The number of nitrogens with one attached hydrogen (secondary N) is 1. The second-order valence-corrected chi connectivity index (χ2v) is 6.41. The third-order valence-corrected chi connectivity index (χ3v) is 5.17. The van der Waals surface area contributed by atoms with Crippen molar-refractivity contribution in [3.8, 4) is 17.2 Å². The molecule has 0 radical (unpaired) electrons. The number of fused-ring (bicyclic) bond motifs is 6. The molecular weight excluding hydrogens is 326 g/mol. The zero-order valence-electron chi connectivity index (χ0n) is 13.5. The van der Waals surface area contributed by atoms with E-state index in [0.717, 1.165) is 30.2 Å². The molecule has 0 fully saturated rings. The van der Waals surface area contributed by atoms with Crippen molar-refractivity contribution in [2.24, 2.45) is 0 Å². The molecule has 4 nitrogen and oxygen atoms in total. The molecule has 0 amide bonds. The topological polar surface area (TPSA) is 39.7 Å². The number of hydrogen-bond donors (Lipinski definition) is 1. The molecule has 0 spiro atoms. The van der Waals surface area contributed by atoms with Crippen molar-refractivity contribution in [2.45, 2.75) is 31.8 Å². The summed E-state index contributed by atoms with van der Waals surface area (Å²) in [7, 11) is 0. The van der Waals surface area contributed by atoms with Crippen LogP contribution < -0.4 is 19.5 Å². The van der Waals surface area contributed by atoms with E-state index in [1.165, 1.54) is 22.3 Å². The summed E-state index contributed by atoms with van der Waals surface area (Å²) >= 11 is 0. The normalized spacial score (nSPS) is 22.5. The Bertz CT molecular complexity index is 792. The second-order valence-electron chi connectivity index (χ2n) is 6.41. The van der Waals surface area contributed by atoms with Crippen LogP contribution in [0.5, 0.6) is 17.2 Å². The van der Waals surface area contributed by atoms with Gasteiger partial charge in [0.1, 0.15) is 12.4 Å². The van der Waals surface area contributed by atoms with Crippen molar-refractivity contribution >= 4 is 12.4 Å². The zero-order chi connectivity index (χ0) is 15.4. The van der Waals surface area contributed by atoms with Crippen LogP contribution in [0.1, 0.15) is 35.1 Å². The van der Waals surface area contributed by atoms with Crippen LogP contribution in [0.3, 0.4) is 0 Å². The predicted octanol–water partition coefficient (Wildman–Crippen LogP) is 3.40. The van der Waals surface area contributed by atoms with E-state index < -0.39 is 0 Å². The predicted molar refractivity (Wildman–Crippen MR) is 93.6 cm³/mol. The summed E-state index contributed by atoms with van der Waals surface area (Å²) in [5.74, 6) is 2.84. The van der Waals surface area contributed by atoms with Crippen LogP contribution >= 0.6 is 12.4 Å². The number of ether oxygens (including phenoxy) is 3.